The lowest BCUT2D eigenvalue weighted by Gasteiger charge is -2.31. The first-order chi connectivity index (χ1) is 23.3. The van der Waals surface area contributed by atoms with Crippen molar-refractivity contribution in [2.45, 2.75) is 70.6 Å². The fourth-order valence-electron chi connectivity index (χ4n) is 5.79. The third kappa shape index (κ3) is 9.01. The van der Waals surface area contributed by atoms with Gasteiger partial charge < -0.3 is 19.7 Å². The number of hydrogen-bond donors (Lipinski definition) is 2. The highest BCUT2D eigenvalue weighted by atomic mass is 35.5. The highest BCUT2D eigenvalue weighted by Gasteiger charge is 2.34. The number of nitrogens with zero attached hydrogens (tertiary/aromatic N) is 1. The number of alkyl halides is 3. The number of hydrogen-bond acceptors (Lipinski definition) is 7. The summed E-state index contributed by atoms with van der Waals surface area (Å²) in [5.41, 5.74) is 0.904. The minimum atomic E-state index is -4.90. The molecule has 2 heterocycles. The highest BCUT2D eigenvalue weighted by Crippen LogP contribution is 2.40. The molecule has 0 aliphatic carbocycles. The average Bonchev–Trinajstić information content (AvgIpc) is 3.43. The van der Waals surface area contributed by atoms with E-state index < -0.39 is 38.7 Å². The summed E-state index contributed by atoms with van der Waals surface area (Å²) in [4.78, 5) is 27.0. The van der Waals surface area contributed by atoms with Crippen molar-refractivity contribution in [3.05, 3.63) is 81.7 Å². The molecular formula is C35H37ClF3N3O6S2. The van der Waals surface area contributed by atoms with Crippen LogP contribution in [0.4, 0.5) is 24.5 Å². The molecular weight excluding hydrogens is 715 g/mol. The number of carbonyl (C=O) groups excluding carboxylic acids is 2. The number of anilines is 2. The Balaban J connectivity index is 1.35. The lowest BCUT2D eigenvalue weighted by Crippen LogP contribution is -2.43. The fourth-order valence-corrected chi connectivity index (χ4v) is 8.42. The SMILES string of the molecule is CC(=O)N1CCC(S(=O)(=O)Nc2ccc3sc(C(=O)Nc4cc(Cl)cc(C(C)(C)c5cc(OC(C)C)cc(OC(F)(F)F)c5)c4)cc3c2)CC1. The molecule has 5 rings (SSSR count). The van der Waals surface area contributed by atoms with Gasteiger partial charge >= 0.3 is 6.36 Å². The molecule has 50 heavy (non-hydrogen) atoms. The van der Waals surface area contributed by atoms with Crippen LogP contribution in [0, 0.1) is 0 Å². The largest absolute Gasteiger partial charge is 0.573 e. The Morgan fingerprint density at radius 1 is 0.940 bits per heavy atom. The number of benzene rings is 3. The normalized spacial score (nSPS) is 14.6. The van der Waals surface area contributed by atoms with E-state index in [0.717, 1.165) is 4.70 Å². The third-order valence-corrected chi connectivity index (χ3v) is 11.6. The van der Waals surface area contributed by atoms with Crippen LogP contribution in [0.1, 0.15) is 68.3 Å². The van der Waals surface area contributed by atoms with E-state index >= 15 is 0 Å². The number of ether oxygens (including phenoxy) is 2. The maximum absolute atomic E-state index is 13.4. The molecule has 2 amide bonds. The van der Waals surface area contributed by atoms with Crippen molar-refractivity contribution < 1.29 is 40.7 Å². The molecule has 0 atom stereocenters. The van der Waals surface area contributed by atoms with Crippen molar-refractivity contribution in [3.63, 3.8) is 0 Å². The topological polar surface area (TPSA) is 114 Å². The third-order valence-electron chi connectivity index (χ3n) is 8.41. The summed E-state index contributed by atoms with van der Waals surface area (Å²) in [6, 6.07) is 15.8. The molecule has 1 fully saturated rings. The predicted octanol–water partition coefficient (Wildman–Crippen LogP) is 8.57. The number of carbonyl (C=O) groups is 2. The summed E-state index contributed by atoms with van der Waals surface area (Å²) >= 11 is 7.71. The fraction of sp³-hybridized carbons (Fsp3) is 0.371. The van der Waals surface area contributed by atoms with E-state index in [1.165, 1.54) is 30.4 Å². The molecule has 1 saturated heterocycles. The first-order valence-electron chi connectivity index (χ1n) is 15.8. The van der Waals surface area contributed by atoms with Gasteiger partial charge in [-0.3, -0.25) is 14.3 Å². The van der Waals surface area contributed by atoms with Gasteiger partial charge in [0.25, 0.3) is 5.91 Å². The highest BCUT2D eigenvalue weighted by molar-refractivity contribution is 7.93. The second-order valence-corrected chi connectivity index (χ2v) is 16.4. The lowest BCUT2D eigenvalue weighted by atomic mass is 9.78. The maximum atomic E-state index is 13.4. The van der Waals surface area contributed by atoms with Crippen LogP contribution in [0.3, 0.4) is 0 Å². The van der Waals surface area contributed by atoms with Gasteiger partial charge in [0.15, 0.2) is 0 Å². The number of thiophene rings is 1. The smallest absolute Gasteiger partial charge is 0.491 e. The van der Waals surface area contributed by atoms with Crippen molar-refractivity contribution in [3.8, 4) is 11.5 Å². The molecule has 0 unspecified atom stereocenters. The second kappa shape index (κ2) is 14.3. The number of sulfonamides is 1. The monoisotopic (exact) mass is 751 g/mol. The summed E-state index contributed by atoms with van der Waals surface area (Å²) < 4.78 is 79.0. The zero-order valence-electron chi connectivity index (χ0n) is 28.0. The zero-order chi connectivity index (χ0) is 36.6. The molecule has 4 aromatic rings. The minimum Gasteiger partial charge on any atom is -0.491 e. The molecule has 3 aromatic carbocycles. The van der Waals surface area contributed by atoms with Crippen molar-refractivity contribution >= 4 is 66.2 Å². The number of fused-ring (bicyclic) bond motifs is 1. The molecule has 2 N–H and O–H groups in total. The van der Waals surface area contributed by atoms with E-state index in [9.17, 15) is 31.2 Å². The van der Waals surface area contributed by atoms with Crippen LogP contribution in [-0.2, 0) is 20.2 Å². The van der Waals surface area contributed by atoms with Gasteiger partial charge in [-0.2, -0.15) is 0 Å². The summed E-state index contributed by atoms with van der Waals surface area (Å²) in [6.45, 7) is 9.36. The Hall–Kier alpha value is -4.01. The molecule has 9 nitrogen and oxygen atoms in total. The molecule has 1 aromatic heterocycles. The summed E-state index contributed by atoms with van der Waals surface area (Å²) in [7, 11) is -3.70. The molecule has 0 radical (unpaired) electrons. The van der Waals surface area contributed by atoms with Crippen LogP contribution in [0.2, 0.25) is 5.02 Å². The molecule has 1 aliphatic heterocycles. The number of likely N-dealkylation sites (tertiary alicyclic amines) is 1. The van der Waals surface area contributed by atoms with E-state index in [1.54, 1.807) is 67.3 Å². The van der Waals surface area contributed by atoms with Crippen LogP contribution in [0.15, 0.2) is 60.7 Å². The Bertz CT molecular complexity index is 2020. The molecule has 0 spiro atoms. The van der Waals surface area contributed by atoms with Gasteiger partial charge in [0.2, 0.25) is 15.9 Å². The Kier molecular flexibility index (Phi) is 10.7. The van der Waals surface area contributed by atoms with Crippen molar-refractivity contribution in [1.29, 1.82) is 0 Å². The maximum Gasteiger partial charge on any atom is 0.573 e. The Morgan fingerprint density at radius 3 is 2.24 bits per heavy atom. The standard InChI is InChI=1S/C35H37ClF3N3O6S2/c1-20(2)47-28-16-24(17-29(19-28)48-35(37,38)39)34(4,5)23-14-25(36)18-27(15-23)40-33(44)32-13-22-12-26(6-7-31(22)49-32)41-50(45,46)30-8-10-42(11-9-30)21(3)43/h6-7,12-20,30,41H,8-11H2,1-5H3,(H,40,44). The number of rotatable bonds is 10. The van der Waals surface area contributed by atoms with Gasteiger partial charge in [-0.05, 0) is 97.8 Å². The zero-order valence-corrected chi connectivity index (χ0v) is 30.4. The van der Waals surface area contributed by atoms with Gasteiger partial charge in [0.1, 0.15) is 11.5 Å². The number of nitrogens with one attached hydrogen (secondary N) is 2. The predicted molar refractivity (Wildman–Crippen MR) is 190 cm³/mol. The minimum absolute atomic E-state index is 0.0773. The van der Waals surface area contributed by atoms with E-state index in [1.807, 2.05) is 13.8 Å². The summed E-state index contributed by atoms with van der Waals surface area (Å²) in [5.74, 6) is -0.725. The van der Waals surface area contributed by atoms with E-state index in [2.05, 4.69) is 14.8 Å². The number of piperidine rings is 1. The van der Waals surface area contributed by atoms with Gasteiger partial charge in [-0.1, -0.05) is 25.4 Å². The Morgan fingerprint density at radius 2 is 1.60 bits per heavy atom. The van der Waals surface area contributed by atoms with Gasteiger partial charge in [-0.25, -0.2) is 8.42 Å². The molecule has 15 heteroatoms. The molecule has 0 saturated carbocycles. The molecule has 268 valence electrons. The summed E-state index contributed by atoms with van der Waals surface area (Å²) in [5, 5.41) is 3.20. The van der Waals surface area contributed by atoms with E-state index in [-0.39, 0.29) is 17.8 Å². The van der Waals surface area contributed by atoms with Crippen molar-refractivity contribution in [1.82, 2.24) is 4.90 Å². The first-order valence-corrected chi connectivity index (χ1v) is 18.5. The van der Waals surface area contributed by atoms with Crippen LogP contribution in [0.25, 0.3) is 10.1 Å². The Labute approximate surface area is 297 Å². The van der Waals surface area contributed by atoms with E-state index in [4.69, 9.17) is 16.3 Å². The molecule has 0 bridgehead atoms. The van der Waals surface area contributed by atoms with Gasteiger partial charge in [0.05, 0.1) is 16.2 Å². The number of amides is 2. The average molecular weight is 752 g/mol. The quantitative estimate of drug-likeness (QED) is 0.168. The summed E-state index contributed by atoms with van der Waals surface area (Å²) in [6.07, 6.45) is -4.51. The second-order valence-electron chi connectivity index (χ2n) is 12.9. The van der Waals surface area contributed by atoms with Gasteiger partial charge in [0, 0.05) is 52.6 Å². The van der Waals surface area contributed by atoms with Crippen molar-refractivity contribution in [2.75, 3.05) is 23.1 Å². The van der Waals surface area contributed by atoms with Crippen molar-refractivity contribution in [2.24, 2.45) is 0 Å². The van der Waals surface area contributed by atoms with Crippen LogP contribution < -0.4 is 19.5 Å². The van der Waals surface area contributed by atoms with Crippen LogP contribution in [-0.4, -0.2) is 55.9 Å². The van der Waals surface area contributed by atoms with E-state index in [0.29, 0.717) is 63.7 Å². The van der Waals surface area contributed by atoms with Crippen LogP contribution in [0.5, 0.6) is 11.5 Å². The lowest BCUT2D eigenvalue weighted by molar-refractivity contribution is -0.274. The number of halogens is 4. The van der Waals surface area contributed by atoms with Crippen LogP contribution >= 0.6 is 22.9 Å². The van der Waals surface area contributed by atoms with Gasteiger partial charge in [-0.15, -0.1) is 24.5 Å². The molecule has 1 aliphatic rings. The first kappa shape index (κ1) is 37.3.